The van der Waals surface area contributed by atoms with Crippen LogP contribution in [0.1, 0.15) is 23.6 Å². The Labute approximate surface area is 217 Å². The van der Waals surface area contributed by atoms with E-state index in [2.05, 4.69) is 37.2 Å². The van der Waals surface area contributed by atoms with Crippen molar-refractivity contribution in [1.29, 1.82) is 0 Å². The van der Waals surface area contributed by atoms with E-state index in [-0.39, 0.29) is 25.0 Å². The van der Waals surface area contributed by atoms with Crippen LogP contribution in [0.2, 0.25) is 0 Å². The Morgan fingerprint density at radius 3 is 2.38 bits per heavy atom. The molecule has 0 spiro atoms. The number of carbonyl (C=O) groups is 2. The van der Waals surface area contributed by atoms with E-state index >= 15 is 0 Å². The number of halogens is 2. The summed E-state index contributed by atoms with van der Waals surface area (Å²) >= 11 is 6.97. The van der Waals surface area contributed by atoms with Gasteiger partial charge in [-0.3, -0.25) is 9.59 Å². The molecule has 1 N–H and O–H groups in total. The van der Waals surface area contributed by atoms with Gasteiger partial charge in [0, 0.05) is 28.5 Å². The Kier molecular flexibility index (Phi) is 9.72. The van der Waals surface area contributed by atoms with Gasteiger partial charge in [-0.1, -0.05) is 74.3 Å². The number of rotatable bonds is 10. The molecule has 2 amide bonds. The van der Waals surface area contributed by atoms with Crippen LogP contribution in [-0.4, -0.2) is 35.9 Å². The summed E-state index contributed by atoms with van der Waals surface area (Å²) in [6.07, 6.45) is 0.407. The molecule has 0 aliphatic rings. The number of aryl methyl sites for hydroxylation is 1. The highest BCUT2D eigenvalue weighted by Gasteiger charge is 2.30. The molecule has 0 saturated heterocycles. The number of benzene rings is 3. The maximum absolute atomic E-state index is 13.5. The molecule has 0 unspecified atom stereocenters. The van der Waals surface area contributed by atoms with Crippen molar-refractivity contribution < 1.29 is 14.3 Å². The summed E-state index contributed by atoms with van der Waals surface area (Å²) in [7, 11) is 0. The molecular weight excluding hydrogens is 560 g/mol. The third-order valence-electron chi connectivity index (χ3n) is 5.36. The van der Waals surface area contributed by atoms with Crippen molar-refractivity contribution in [1.82, 2.24) is 10.2 Å². The lowest BCUT2D eigenvalue weighted by atomic mass is 10.0. The molecule has 0 aromatic heterocycles. The zero-order chi connectivity index (χ0) is 24.5. The summed E-state index contributed by atoms with van der Waals surface area (Å²) in [6.45, 7) is 4.44. The summed E-state index contributed by atoms with van der Waals surface area (Å²) in [5.41, 5.74) is 2.92. The predicted octanol–water partition coefficient (Wildman–Crippen LogP) is 5.68. The highest BCUT2D eigenvalue weighted by molar-refractivity contribution is 9.10. The minimum absolute atomic E-state index is 0.167. The largest absolute Gasteiger partial charge is 0.484 e. The Balaban J connectivity index is 1.89. The van der Waals surface area contributed by atoms with E-state index in [4.69, 9.17) is 4.74 Å². The average molecular weight is 588 g/mol. The molecule has 5 nitrogen and oxygen atoms in total. The van der Waals surface area contributed by atoms with Crippen LogP contribution in [-0.2, 0) is 22.6 Å². The SMILES string of the molecule is CCNC(=O)[C@@H](Cc1ccccc1)N(Cc1cccc(Br)c1)C(=O)COc1ccc(Br)c(C)c1. The van der Waals surface area contributed by atoms with Crippen molar-refractivity contribution in [3.8, 4) is 5.75 Å². The minimum atomic E-state index is -0.677. The number of nitrogens with zero attached hydrogens (tertiary/aromatic N) is 1. The van der Waals surface area contributed by atoms with Gasteiger partial charge in [-0.2, -0.15) is 0 Å². The molecule has 0 aliphatic heterocycles. The number of hydrogen-bond donors (Lipinski definition) is 1. The maximum Gasteiger partial charge on any atom is 0.261 e. The van der Waals surface area contributed by atoms with Gasteiger partial charge in [-0.25, -0.2) is 0 Å². The van der Waals surface area contributed by atoms with E-state index in [0.29, 0.717) is 18.7 Å². The minimum Gasteiger partial charge on any atom is -0.484 e. The number of carbonyl (C=O) groups excluding carboxylic acids is 2. The van der Waals surface area contributed by atoms with Gasteiger partial charge >= 0.3 is 0 Å². The van der Waals surface area contributed by atoms with E-state index in [1.54, 1.807) is 4.90 Å². The molecule has 1 atom stereocenters. The smallest absolute Gasteiger partial charge is 0.261 e. The van der Waals surface area contributed by atoms with Crippen LogP contribution >= 0.6 is 31.9 Å². The summed E-state index contributed by atoms with van der Waals surface area (Å²) in [5, 5.41) is 2.90. The normalized spacial score (nSPS) is 11.5. The second kappa shape index (κ2) is 12.7. The highest BCUT2D eigenvalue weighted by Crippen LogP contribution is 2.22. The summed E-state index contributed by atoms with van der Waals surface area (Å²) < 4.78 is 7.72. The fourth-order valence-corrected chi connectivity index (χ4v) is 4.31. The fourth-order valence-electron chi connectivity index (χ4n) is 3.61. The maximum atomic E-state index is 13.5. The molecule has 0 aliphatic carbocycles. The molecule has 3 rings (SSSR count). The second-order valence-electron chi connectivity index (χ2n) is 7.95. The van der Waals surface area contributed by atoms with Crippen LogP contribution in [0.4, 0.5) is 0 Å². The fraction of sp³-hybridized carbons (Fsp3) is 0.259. The van der Waals surface area contributed by atoms with Gasteiger partial charge in [0.05, 0.1) is 0 Å². The molecule has 0 saturated carbocycles. The lowest BCUT2D eigenvalue weighted by Crippen LogP contribution is -2.51. The molecule has 7 heteroatoms. The zero-order valence-electron chi connectivity index (χ0n) is 19.3. The van der Waals surface area contributed by atoms with Gasteiger partial charge in [0.1, 0.15) is 11.8 Å². The van der Waals surface area contributed by atoms with Crippen LogP contribution in [0.25, 0.3) is 0 Å². The summed E-state index contributed by atoms with van der Waals surface area (Å²) in [6, 6.07) is 22.4. The summed E-state index contributed by atoms with van der Waals surface area (Å²) in [5.74, 6) is 0.163. The van der Waals surface area contributed by atoms with Crippen LogP contribution in [0.5, 0.6) is 5.75 Å². The second-order valence-corrected chi connectivity index (χ2v) is 9.72. The molecule has 34 heavy (non-hydrogen) atoms. The third-order valence-corrected chi connectivity index (χ3v) is 6.74. The van der Waals surface area contributed by atoms with Gasteiger partial charge in [-0.05, 0) is 60.9 Å². The molecule has 178 valence electrons. The van der Waals surface area contributed by atoms with E-state index in [1.165, 1.54) is 0 Å². The van der Waals surface area contributed by atoms with Crippen molar-refractivity contribution in [3.63, 3.8) is 0 Å². The predicted molar refractivity (Wildman–Crippen MR) is 142 cm³/mol. The first-order valence-corrected chi connectivity index (χ1v) is 12.7. The first kappa shape index (κ1) is 26.0. The Morgan fingerprint density at radius 1 is 0.971 bits per heavy atom. The number of hydrogen-bond acceptors (Lipinski definition) is 3. The van der Waals surface area contributed by atoms with Gasteiger partial charge in [0.25, 0.3) is 5.91 Å². The van der Waals surface area contributed by atoms with Crippen LogP contribution in [0.15, 0.2) is 81.7 Å². The average Bonchev–Trinajstić information content (AvgIpc) is 2.82. The number of nitrogens with one attached hydrogen (secondary N) is 1. The van der Waals surface area contributed by atoms with Gasteiger partial charge < -0.3 is 15.0 Å². The first-order chi connectivity index (χ1) is 16.4. The van der Waals surface area contributed by atoms with Crippen LogP contribution in [0.3, 0.4) is 0 Å². The monoisotopic (exact) mass is 586 g/mol. The van der Waals surface area contributed by atoms with Crippen molar-refractivity contribution in [2.75, 3.05) is 13.2 Å². The quantitative estimate of drug-likeness (QED) is 0.332. The number of amides is 2. The molecule has 0 radical (unpaired) electrons. The molecular formula is C27H28Br2N2O3. The molecule has 3 aromatic rings. The zero-order valence-corrected chi connectivity index (χ0v) is 22.4. The molecule has 3 aromatic carbocycles. The summed E-state index contributed by atoms with van der Waals surface area (Å²) in [4.78, 5) is 28.3. The molecule has 0 bridgehead atoms. The Hall–Kier alpha value is -2.64. The first-order valence-electron chi connectivity index (χ1n) is 11.1. The van der Waals surface area contributed by atoms with Crippen molar-refractivity contribution in [2.24, 2.45) is 0 Å². The van der Waals surface area contributed by atoms with Gasteiger partial charge in [0.2, 0.25) is 5.91 Å². The van der Waals surface area contributed by atoms with Gasteiger partial charge in [-0.15, -0.1) is 0 Å². The van der Waals surface area contributed by atoms with Crippen molar-refractivity contribution >= 4 is 43.7 Å². The number of likely N-dealkylation sites (N-methyl/N-ethyl adjacent to an activating group) is 1. The van der Waals surface area contributed by atoms with E-state index in [0.717, 1.165) is 25.6 Å². The van der Waals surface area contributed by atoms with E-state index in [9.17, 15) is 9.59 Å². The number of ether oxygens (including phenoxy) is 1. The van der Waals surface area contributed by atoms with Crippen LogP contribution in [0, 0.1) is 6.92 Å². The topological polar surface area (TPSA) is 58.6 Å². The highest BCUT2D eigenvalue weighted by atomic mass is 79.9. The molecule has 0 heterocycles. The van der Waals surface area contributed by atoms with Crippen LogP contribution < -0.4 is 10.1 Å². The van der Waals surface area contributed by atoms with Crippen molar-refractivity contribution in [3.05, 3.63) is 98.4 Å². The lowest BCUT2D eigenvalue weighted by molar-refractivity contribution is -0.142. The third kappa shape index (κ3) is 7.43. The van der Waals surface area contributed by atoms with Gasteiger partial charge in [0.15, 0.2) is 6.61 Å². The van der Waals surface area contributed by atoms with E-state index < -0.39 is 6.04 Å². The lowest BCUT2D eigenvalue weighted by Gasteiger charge is -2.31. The Morgan fingerprint density at radius 2 is 1.71 bits per heavy atom. The van der Waals surface area contributed by atoms with E-state index in [1.807, 2.05) is 86.6 Å². The van der Waals surface area contributed by atoms with Crippen molar-refractivity contribution in [2.45, 2.75) is 32.9 Å². The molecule has 0 fully saturated rings. The Bertz CT molecular complexity index is 1120. The standard InChI is InChI=1S/C27H28Br2N2O3/c1-3-30-27(33)25(16-20-8-5-4-6-9-20)31(17-21-10-7-11-22(28)15-21)26(32)18-34-23-12-13-24(29)19(2)14-23/h4-15,25H,3,16-18H2,1-2H3,(H,30,33)/t25-/m1/s1.